The fraction of sp³-hybridized carbons (Fsp3) is 0.263. The third-order valence-corrected chi connectivity index (χ3v) is 6.43. The van der Waals surface area contributed by atoms with Crippen molar-refractivity contribution in [3.8, 4) is 0 Å². The second-order valence-electron chi connectivity index (χ2n) is 6.44. The smallest absolute Gasteiger partial charge is 0.329 e. The highest BCUT2D eigenvalue weighted by Gasteiger charge is 2.39. The zero-order valence-corrected chi connectivity index (χ0v) is 15.9. The fourth-order valence-corrected chi connectivity index (χ4v) is 4.83. The Labute approximate surface area is 162 Å². The molecule has 2 heterocycles. The van der Waals surface area contributed by atoms with Crippen molar-refractivity contribution in [2.75, 3.05) is 6.54 Å². The van der Waals surface area contributed by atoms with Crippen molar-refractivity contribution in [3.05, 3.63) is 64.7 Å². The Balaban J connectivity index is 1.55. The lowest BCUT2D eigenvalue weighted by Gasteiger charge is -2.25. The van der Waals surface area contributed by atoms with Crippen LogP contribution >= 0.6 is 11.6 Å². The van der Waals surface area contributed by atoms with E-state index in [1.165, 1.54) is 6.07 Å². The molecular weight excluding hydrogens is 388 g/mol. The van der Waals surface area contributed by atoms with E-state index in [9.17, 15) is 13.2 Å². The molecule has 0 spiro atoms. The Morgan fingerprint density at radius 2 is 1.93 bits per heavy atom. The average molecular weight is 405 g/mol. The number of ether oxygens (including phenoxy) is 1. The molecule has 2 aliphatic rings. The molecule has 2 aliphatic heterocycles. The lowest BCUT2D eigenvalue weighted by Crippen LogP contribution is -2.41. The number of hydrogen-bond donors (Lipinski definition) is 0. The van der Waals surface area contributed by atoms with Gasteiger partial charge >= 0.3 is 5.97 Å². The van der Waals surface area contributed by atoms with Gasteiger partial charge in [-0.1, -0.05) is 41.9 Å². The van der Waals surface area contributed by atoms with Gasteiger partial charge in [-0.15, -0.1) is 4.40 Å². The van der Waals surface area contributed by atoms with Gasteiger partial charge in [0.15, 0.2) is 5.84 Å². The van der Waals surface area contributed by atoms with E-state index in [0.29, 0.717) is 29.4 Å². The summed E-state index contributed by atoms with van der Waals surface area (Å²) in [7, 11) is -3.73. The van der Waals surface area contributed by atoms with Gasteiger partial charge in [0.1, 0.15) is 17.5 Å². The lowest BCUT2D eigenvalue weighted by molar-refractivity contribution is -0.149. The third kappa shape index (κ3) is 3.33. The van der Waals surface area contributed by atoms with Gasteiger partial charge in [-0.05, 0) is 31.0 Å². The van der Waals surface area contributed by atoms with E-state index in [1.807, 2.05) is 12.1 Å². The van der Waals surface area contributed by atoms with Crippen LogP contribution in [-0.4, -0.2) is 37.7 Å². The minimum atomic E-state index is -3.73. The topological polar surface area (TPSA) is 76.0 Å². The quantitative estimate of drug-likeness (QED) is 0.735. The van der Waals surface area contributed by atoms with Gasteiger partial charge in [0.05, 0.1) is 0 Å². The minimum absolute atomic E-state index is 0.0736. The number of fused-ring (bicyclic) bond motifs is 1. The Kier molecular flexibility index (Phi) is 4.65. The number of benzene rings is 2. The molecule has 6 nitrogen and oxygen atoms in total. The second kappa shape index (κ2) is 6.98. The number of hydrogen-bond acceptors (Lipinski definition) is 5. The van der Waals surface area contributed by atoms with Crippen LogP contribution in [0.5, 0.6) is 0 Å². The van der Waals surface area contributed by atoms with Crippen molar-refractivity contribution in [1.82, 2.24) is 4.90 Å². The second-order valence-corrected chi connectivity index (χ2v) is 8.42. The van der Waals surface area contributed by atoms with Gasteiger partial charge in [0.2, 0.25) is 0 Å². The molecule has 0 unspecified atom stereocenters. The highest BCUT2D eigenvalue weighted by atomic mass is 35.5. The molecule has 8 heteroatoms. The van der Waals surface area contributed by atoms with E-state index in [4.69, 9.17) is 16.3 Å². The molecule has 140 valence electrons. The normalized spacial score (nSPS) is 20.3. The standard InChI is InChI=1S/C19H17ClN2O4S/c20-15-8-3-1-6-13(15)12-26-19(23)16-9-5-11-22(16)18-14-7-2-4-10-17(14)27(24,25)21-18/h1-4,6-8,10,16H,5,9,11-12H2/t16-/m0/s1. The Morgan fingerprint density at radius 1 is 1.19 bits per heavy atom. The van der Waals surface area contributed by atoms with E-state index in [1.54, 1.807) is 35.2 Å². The molecule has 0 N–H and O–H groups in total. The fourth-order valence-electron chi connectivity index (χ4n) is 3.42. The minimum Gasteiger partial charge on any atom is -0.459 e. The predicted octanol–water partition coefficient (Wildman–Crippen LogP) is 3.00. The summed E-state index contributed by atoms with van der Waals surface area (Å²) in [5, 5.41) is 0.536. The molecule has 0 aliphatic carbocycles. The Morgan fingerprint density at radius 3 is 2.74 bits per heavy atom. The van der Waals surface area contributed by atoms with E-state index in [0.717, 1.165) is 12.0 Å². The van der Waals surface area contributed by atoms with Crippen LogP contribution in [0.3, 0.4) is 0 Å². The maximum atomic E-state index is 12.7. The first kappa shape index (κ1) is 18.0. The zero-order chi connectivity index (χ0) is 19.0. The number of amidine groups is 1. The van der Waals surface area contributed by atoms with Crippen LogP contribution in [0.4, 0.5) is 0 Å². The van der Waals surface area contributed by atoms with E-state index in [-0.39, 0.29) is 11.5 Å². The van der Waals surface area contributed by atoms with Crippen LogP contribution in [0.15, 0.2) is 57.8 Å². The van der Waals surface area contributed by atoms with Crippen molar-refractivity contribution in [1.29, 1.82) is 0 Å². The molecule has 1 fully saturated rings. The molecule has 2 aromatic rings. The number of rotatable bonds is 3. The highest BCUT2D eigenvalue weighted by molar-refractivity contribution is 7.90. The SMILES string of the molecule is O=C(OCc1ccccc1Cl)[C@@H]1CCCN1C1=NS(=O)(=O)c2ccccc21. The number of carbonyl (C=O) groups is 1. The van der Waals surface area contributed by atoms with Crippen molar-refractivity contribution < 1.29 is 17.9 Å². The molecule has 0 radical (unpaired) electrons. The number of carbonyl (C=O) groups excluding carboxylic acids is 1. The third-order valence-electron chi connectivity index (χ3n) is 4.74. The molecule has 1 atom stereocenters. The molecule has 4 rings (SSSR count). The van der Waals surface area contributed by atoms with E-state index < -0.39 is 22.0 Å². The number of nitrogens with zero attached hydrogens (tertiary/aromatic N) is 2. The van der Waals surface area contributed by atoms with Crippen molar-refractivity contribution in [2.24, 2.45) is 4.40 Å². The molecule has 0 amide bonds. The summed E-state index contributed by atoms with van der Waals surface area (Å²) in [6, 6.07) is 13.3. The average Bonchev–Trinajstić information content (AvgIpc) is 3.24. The molecule has 0 saturated carbocycles. The molecule has 27 heavy (non-hydrogen) atoms. The maximum Gasteiger partial charge on any atom is 0.329 e. The van der Waals surface area contributed by atoms with Gasteiger partial charge in [0, 0.05) is 22.7 Å². The maximum absolute atomic E-state index is 12.7. The van der Waals surface area contributed by atoms with Gasteiger partial charge < -0.3 is 9.64 Å². The van der Waals surface area contributed by atoms with Crippen LogP contribution in [0, 0.1) is 0 Å². The van der Waals surface area contributed by atoms with Gasteiger partial charge in [0.25, 0.3) is 10.0 Å². The van der Waals surface area contributed by atoms with Crippen LogP contribution in [-0.2, 0) is 26.2 Å². The summed E-state index contributed by atoms with van der Waals surface area (Å²) in [5.41, 5.74) is 1.26. The molecular formula is C19H17ClN2O4S. The molecule has 0 bridgehead atoms. The number of likely N-dealkylation sites (tertiary alicyclic amines) is 1. The monoisotopic (exact) mass is 404 g/mol. The Hall–Kier alpha value is -2.38. The molecule has 0 aromatic heterocycles. The Bertz CT molecular complexity index is 1040. The van der Waals surface area contributed by atoms with Gasteiger partial charge in [-0.2, -0.15) is 8.42 Å². The summed E-state index contributed by atoms with van der Waals surface area (Å²) in [4.78, 5) is 14.6. The van der Waals surface area contributed by atoms with E-state index in [2.05, 4.69) is 4.40 Å². The van der Waals surface area contributed by atoms with Crippen LogP contribution in [0.1, 0.15) is 24.0 Å². The summed E-state index contributed by atoms with van der Waals surface area (Å²) in [6.07, 6.45) is 1.34. The van der Waals surface area contributed by atoms with Crippen LogP contribution in [0.25, 0.3) is 0 Å². The van der Waals surface area contributed by atoms with Crippen molar-refractivity contribution >= 4 is 33.4 Å². The zero-order valence-electron chi connectivity index (χ0n) is 14.3. The van der Waals surface area contributed by atoms with Gasteiger partial charge in [-0.25, -0.2) is 4.79 Å². The summed E-state index contributed by atoms with van der Waals surface area (Å²) < 4.78 is 34.0. The summed E-state index contributed by atoms with van der Waals surface area (Å²) in [5.74, 6) is -0.0836. The van der Waals surface area contributed by atoms with Crippen molar-refractivity contribution in [2.45, 2.75) is 30.4 Å². The lowest BCUT2D eigenvalue weighted by atomic mass is 10.1. The highest BCUT2D eigenvalue weighted by Crippen LogP contribution is 2.31. The largest absolute Gasteiger partial charge is 0.459 e. The summed E-state index contributed by atoms with van der Waals surface area (Å²) in [6.45, 7) is 0.624. The molecule has 1 saturated heterocycles. The first-order valence-electron chi connectivity index (χ1n) is 8.58. The van der Waals surface area contributed by atoms with Gasteiger partial charge in [-0.3, -0.25) is 0 Å². The first-order chi connectivity index (χ1) is 13.0. The van der Waals surface area contributed by atoms with E-state index >= 15 is 0 Å². The molecule has 2 aromatic carbocycles. The first-order valence-corrected chi connectivity index (χ1v) is 10.4. The van der Waals surface area contributed by atoms with Crippen LogP contribution in [0.2, 0.25) is 5.02 Å². The predicted molar refractivity (Wildman–Crippen MR) is 101 cm³/mol. The number of halogens is 1. The summed E-state index contributed by atoms with van der Waals surface area (Å²) >= 11 is 6.10. The van der Waals surface area contributed by atoms with Crippen molar-refractivity contribution in [3.63, 3.8) is 0 Å². The number of esters is 1. The number of sulfonamides is 1. The van der Waals surface area contributed by atoms with Crippen LogP contribution < -0.4 is 0 Å².